The highest BCUT2D eigenvalue weighted by Crippen LogP contribution is 2.16. The first kappa shape index (κ1) is 12.2. The second kappa shape index (κ2) is 4.70. The number of rotatable bonds is 3. The zero-order valence-electron chi connectivity index (χ0n) is 10.5. The van der Waals surface area contributed by atoms with Crippen LogP contribution < -0.4 is 5.69 Å². The lowest BCUT2D eigenvalue weighted by molar-refractivity contribution is -0.136. The van der Waals surface area contributed by atoms with Crippen LogP contribution in [0.4, 0.5) is 0 Å². The second-order valence-electron chi connectivity index (χ2n) is 4.52. The number of aromatic nitrogens is 2. The number of fused-ring (bicyclic) bond motifs is 1. The number of carboxylic acid groups (broad SMARTS) is 1. The largest absolute Gasteiger partial charge is 0.481 e. The highest BCUT2D eigenvalue weighted by molar-refractivity contribution is 5.77. The Morgan fingerprint density at radius 2 is 1.95 bits per heavy atom. The minimum Gasteiger partial charge on any atom is -0.481 e. The van der Waals surface area contributed by atoms with Gasteiger partial charge in [-0.25, -0.2) is 4.79 Å². The summed E-state index contributed by atoms with van der Waals surface area (Å²) in [6.45, 7) is 0. The molecule has 3 rings (SSSR count). The van der Waals surface area contributed by atoms with Gasteiger partial charge in [-0.05, 0) is 29.8 Å². The van der Waals surface area contributed by atoms with E-state index in [-0.39, 0.29) is 12.1 Å². The van der Waals surface area contributed by atoms with E-state index in [1.165, 1.54) is 0 Å². The number of para-hydroxylation sites is 2. The number of hydrogen-bond donors (Lipinski definition) is 2. The number of nitrogens with zero attached hydrogens (tertiary/aromatic N) is 1. The van der Waals surface area contributed by atoms with Gasteiger partial charge in [-0.15, -0.1) is 0 Å². The number of aromatic amines is 1. The third kappa shape index (κ3) is 2.09. The fourth-order valence-electron chi connectivity index (χ4n) is 2.29. The molecule has 5 heteroatoms. The first-order valence-electron chi connectivity index (χ1n) is 6.16. The van der Waals surface area contributed by atoms with E-state index >= 15 is 0 Å². The Kier molecular flexibility index (Phi) is 2.87. The van der Waals surface area contributed by atoms with Crippen LogP contribution in [0.5, 0.6) is 0 Å². The average Bonchev–Trinajstić information content (AvgIpc) is 2.74. The molecule has 0 bridgehead atoms. The third-order valence-electron chi connectivity index (χ3n) is 3.11. The van der Waals surface area contributed by atoms with Crippen molar-refractivity contribution in [1.82, 2.24) is 9.55 Å². The van der Waals surface area contributed by atoms with Crippen LogP contribution in [0.25, 0.3) is 16.7 Å². The molecule has 1 aromatic heterocycles. The quantitative estimate of drug-likeness (QED) is 0.762. The molecule has 0 saturated heterocycles. The van der Waals surface area contributed by atoms with Crippen molar-refractivity contribution in [2.45, 2.75) is 6.42 Å². The number of H-pyrrole nitrogens is 1. The molecule has 0 unspecified atom stereocenters. The van der Waals surface area contributed by atoms with Crippen LogP contribution in [0.3, 0.4) is 0 Å². The van der Waals surface area contributed by atoms with E-state index in [1.54, 1.807) is 28.8 Å². The number of carboxylic acids is 1. The van der Waals surface area contributed by atoms with Crippen molar-refractivity contribution in [2.24, 2.45) is 0 Å². The molecule has 0 radical (unpaired) electrons. The van der Waals surface area contributed by atoms with Gasteiger partial charge < -0.3 is 10.1 Å². The van der Waals surface area contributed by atoms with Gasteiger partial charge in [0.25, 0.3) is 0 Å². The van der Waals surface area contributed by atoms with E-state index < -0.39 is 5.97 Å². The summed E-state index contributed by atoms with van der Waals surface area (Å²) in [6, 6.07) is 14.4. The lowest BCUT2D eigenvalue weighted by Gasteiger charge is -2.05. The Morgan fingerprint density at radius 3 is 2.75 bits per heavy atom. The predicted octanol–water partition coefficient (Wildman–Crippen LogP) is 1.95. The molecule has 1 heterocycles. The lowest BCUT2D eigenvalue weighted by Crippen LogP contribution is -2.14. The molecule has 3 aromatic rings. The Morgan fingerprint density at radius 1 is 1.15 bits per heavy atom. The molecule has 100 valence electrons. The number of nitrogens with one attached hydrogen (secondary N) is 1. The molecule has 0 amide bonds. The minimum atomic E-state index is -0.895. The standard InChI is InChI=1S/C15H12N2O3/c18-14(19)9-10-4-3-5-11(8-10)17-13-7-2-1-6-12(13)16-15(17)20/h1-8H,9H2,(H,16,20)(H,18,19). The van der Waals surface area contributed by atoms with Gasteiger partial charge in [0.1, 0.15) is 0 Å². The summed E-state index contributed by atoms with van der Waals surface area (Å²) < 4.78 is 1.54. The fraction of sp³-hybridized carbons (Fsp3) is 0.0667. The summed E-state index contributed by atoms with van der Waals surface area (Å²) in [6.07, 6.45) is -0.0645. The zero-order valence-corrected chi connectivity index (χ0v) is 10.5. The number of carbonyl (C=O) groups is 1. The Bertz CT molecular complexity index is 845. The molecule has 5 nitrogen and oxygen atoms in total. The Labute approximate surface area is 114 Å². The smallest absolute Gasteiger partial charge is 0.331 e. The maximum Gasteiger partial charge on any atom is 0.331 e. The molecule has 0 saturated carbocycles. The van der Waals surface area contributed by atoms with Crippen LogP contribution in [-0.2, 0) is 11.2 Å². The first-order valence-corrected chi connectivity index (χ1v) is 6.16. The summed E-state index contributed by atoms with van der Waals surface area (Å²) in [4.78, 5) is 25.6. The van der Waals surface area contributed by atoms with Crippen molar-refractivity contribution in [1.29, 1.82) is 0 Å². The van der Waals surface area contributed by atoms with E-state index in [0.29, 0.717) is 11.3 Å². The van der Waals surface area contributed by atoms with E-state index in [2.05, 4.69) is 4.98 Å². The number of benzene rings is 2. The van der Waals surface area contributed by atoms with Crippen molar-refractivity contribution in [3.63, 3.8) is 0 Å². The maximum absolute atomic E-state index is 12.1. The first-order chi connectivity index (χ1) is 9.65. The topological polar surface area (TPSA) is 75.1 Å². The molecule has 0 atom stereocenters. The average molecular weight is 268 g/mol. The molecule has 2 N–H and O–H groups in total. The monoisotopic (exact) mass is 268 g/mol. The molecule has 0 aliphatic rings. The maximum atomic E-state index is 12.1. The molecule has 0 fully saturated rings. The highest BCUT2D eigenvalue weighted by atomic mass is 16.4. The molecule has 2 aromatic carbocycles. The molecular weight excluding hydrogens is 256 g/mol. The Hall–Kier alpha value is -2.82. The third-order valence-corrected chi connectivity index (χ3v) is 3.11. The van der Waals surface area contributed by atoms with Gasteiger partial charge in [-0.3, -0.25) is 9.36 Å². The van der Waals surface area contributed by atoms with Gasteiger partial charge in [0.15, 0.2) is 0 Å². The summed E-state index contributed by atoms with van der Waals surface area (Å²) in [5.41, 5.74) is 2.60. The lowest BCUT2D eigenvalue weighted by atomic mass is 10.1. The van der Waals surface area contributed by atoms with Crippen molar-refractivity contribution in [2.75, 3.05) is 0 Å². The van der Waals surface area contributed by atoms with Crippen LogP contribution in [0.1, 0.15) is 5.56 Å². The van der Waals surface area contributed by atoms with Crippen LogP contribution in [0.2, 0.25) is 0 Å². The van der Waals surface area contributed by atoms with Crippen molar-refractivity contribution < 1.29 is 9.90 Å². The van der Waals surface area contributed by atoms with E-state index in [4.69, 9.17) is 5.11 Å². The molecular formula is C15H12N2O3. The summed E-state index contributed by atoms with van der Waals surface area (Å²) >= 11 is 0. The molecule has 0 aliphatic heterocycles. The van der Waals surface area contributed by atoms with Gasteiger partial charge in [0.05, 0.1) is 23.1 Å². The van der Waals surface area contributed by atoms with E-state index in [0.717, 1.165) is 11.0 Å². The van der Waals surface area contributed by atoms with Crippen LogP contribution in [0, 0.1) is 0 Å². The minimum absolute atomic E-state index is 0.0645. The van der Waals surface area contributed by atoms with Crippen LogP contribution in [0.15, 0.2) is 53.3 Å². The van der Waals surface area contributed by atoms with E-state index in [9.17, 15) is 9.59 Å². The van der Waals surface area contributed by atoms with Crippen LogP contribution in [-0.4, -0.2) is 20.6 Å². The summed E-state index contributed by atoms with van der Waals surface area (Å²) in [7, 11) is 0. The molecule has 0 spiro atoms. The molecule has 0 aliphatic carbocycles. The van der Waals surface area contributed by atoms with Crippen molar-refractivity contribution >= 4 is 17.0 Å². The van der Waals surface area contributed by atoms with Crippen LogP contribution >= 0.6 is 0 Å². The van der Waals surface area contributed by atoms with Gasteiger partial charge in [-0.1, -0.05) is 24.3 Å². The van der Waals surface area contributed by atoms with Gasteiger partial charge in [0.2, 0.25) is 0 Å². The second-order valence-corrected chi connectivity index (χ2v) is 4.52. The molecule has 20 heavy (non-hydrogen) atoms. The number of aliphatic carboxylic acids is 1. The summed E-state index contributed by atoms with van der Waals surface area (Å²) in [5, 5.41) is 8.84. The Balaban J connectivity index is 2.18. The highest BCUT2D eigenvalue weighted by Gasteiger charge is 2.09. The number of hydrogen-bond acceptors (Lipinski definition) is 2. The predicted molar refractivity (Wildman–Crippen MR) is 75.2 cm³/mol. The zero-order chi connectivity index (χ0) is 14.1. The van der Waals surface area contributed by atoms with Gasteiger partial charge in [-0.2, -0.15) is 0 Å². The number of imidazole rings is 1. The van der Waals surface area contributed by atoms with E-state index in [1.807, 2.05) is 24.3 Å². The SMILES string of the molecule is O=C(O)Cc1cccc(-n2c(=O)[nH]c3ccccc32)c1. The van der Waals surface area contributed by atoms with Crippen molar-refractivity contribution in [3.8, 4) is 5.69 Å². The normalized spacial score (nSPS) is 10.8. The fourth-order valence-corrected chi connectivity index (χ4v) is 2.29. The van der Waals surface area contributed by atoms with Gasteiger partial charge >= 0.3 is 11.7 Å². The van der Waals surface area contributed by atoms with Gasteiger partial charge in [0, 0.05) is 0 Å². The van der Waals surface area contributed by atoms with Crippen molar-refractivity contribution in [3.05, 3.63) is 64.6 Å². The summed E-state index contributed by atoms with van der Waals surface area (Å²) in [5.74, 6) is -0.895.